The number of rotatable bonds is 8. The van der Waals surface area contributed by atoms with E-state index >= 15 is 0 Å². The van der Waals surface area contributed by atoms with Gasteiger partial charge < -0.3 is 30.0 Å². The summed E-state index contributed by atoms with van der Waals surface area (Å²) < 4.78 is 2.13. The molecule has 0 bridgehead atoms. The third kappa shape index (κ3) is 6.39. The molecule has 8 rings (SSSR count). The summed E-state index contributed by atoms with van der Waals surface area (Å²) in [6.07, 6.45) is 3.57. The number of hydrogen-bond donors (Lipinski definition) is 3. The molecule has 2 fully saturated rings. The zero-order valence-corrected chi connectivity index (χ0v) is 30.5. The van der Waals surface area contributed by atoms with E-state index in [1.165, 1.54) is 0 Å². The Morgan fingerprint density at radius 1 is 0.923 bits per heavy atom. The molecule has 4 heterocycles. The van der Waals surface area contributed by atoms with Crippen molar-refractivity contribution in [3.63, 3.8) is 0 Å². The van der Waals surface area contributed by atoms with Crippen LogP contribution in [0, 0.1) is 6.92 Å². The summed E-state index contributed by atoms with van der Waals surface area (Å²) in [5, 5.41) is 8.31. The van der Waals surface area contributed by atoms with Crippen molar-refractivity contribution in [3.05, 3.63) is 124 Å². The number of benzene rings is 4. The number of nitrogens with zero attached hydrogens (tertiary/aromatic N) is 4. The Morgan fingerprint density at radius 3 is 2.40 bits per heavy atom. The molecule has 4 aromatic carbocycles. The highest BCUT2D eigenvalue weighted by Crippen LogP contribution is 2.42. The van der Waals surface area contributed by atoms with Crippen molar-refractivity contribution in [2.75, 3.05) is 36.4 Å². The molecule has 9 nitrogen and oxygen atoms in total. The first-order valence-corrected chi connectivity index (χ1v) is 18.4. The van der Waals surface area contributed by atoms with Crippen LogP contribution in [0.5, 0.6) is 0 Å². The molecule has 3 N–H and O–H groups in total. The second kappa shape index (κ2) is 14.1. The van der Waals surface area contributed by atoms with Crippen LogP contribution in [-0.4, -0.2) is 63.6 Å². The van der Waals surface area contributed by atoms with Crippen molar-refractivity contribution >= 4 is 57.4 Å². The Morgan fingerprint density at radius 2 is 1.67 bits per heavy atom. The first-order valence-electron chi connectivity index (χ1n) is 17.7. The van der Waals surface area contributed by atoms with Gasteiger partial charge in [-0.2, -0.15) is 0 Å². The van der Waals surface area contributed by atoms with E-state index in [0.717, 1.165) is 88.4 Å². The van der Waals surface area contributed by atoms with E-state index in [1.54, 1.807) is 0 Å². The number of hydrogen-bond acceptors (Lipinski definition) is 4. The fourth-order valence-corrected chi connectivity index (χ4v) is 7.96. The van der Waals surface area contributed by atoms with Gasteiger partial charge in [-0.05, 0) is 74.2 Å². The van der Waals surface area contributed by atoms with Gasteiger partial charge >= 0.3 is 6.03 Å². The van der Waals surface area contributed by atoms with Gasteiger partial charge in [-0.1, -0.05) is 77.8 Å². The lowest BCUT2D eigenvalue weighted by Gasteiger charge is -2.38. The van der Waals surface area contributed by atoms with Gasteiger partial charge in [0.1, 0.15) is 5.69 Å². The number of carbonyl (C=O) groups excluding carboxylic acids is 2. The number of piperidine rings is 1. The SMILES string of the molecule is Cc1ccc(N2CCC(N3CCNC3=O)CC2)c(NC(=O)c2[nH]c3cc(Cl)ccc3c2-c2c(-c3ccccc3)ncn2[C@@H](C)c2ccc(Cl)cc2)c1. The summed E-state index contributed by atoms with van der Waals surface area (Å²) >= 11 is 12.8. The van der Waals surface area contributed by atoms with E-state index in [1.807, 2.05) is 97.0 Å². The number of fused-ring (bicyclic) bond motifs is 1. The van der Waals surface area contributed by atoms with Crippen molar-refractivity contribution in [2.45, 2.75) is 38.8 Å². The molecule has 2 saturated heterocycles. The Hall–Kier alpha value is -5.25. The van der Waals surface area contributed by atoms with Crippen molar-refractivity contribution in [1.82, 2.24) is 24.8 Å². The average Bonchev–Trinajstić information content (AvgIpc) is 3.88. The van der Waals surface area contributed by atoms with Crippen LogP contribution in [0.1, 0.15) is 47.4 Å². The van der Waals surface area contributed by atoms with E-state index in [2.05, 4.69) is 44.1 Å². The second-order valence-electron chi connectivity index (χ2n) is 13.6. The fraction of sp³-hybridized carbons (Fsp3) is 0.244. The smallest absolute Gasteiger partial charge is 0.317 e. The lowest BCUT2D eigenvalue weighted by Crippen LogP contribution is -2.46. The van der Waals surface area contributed by atoms with Gasteiger partial charge in [0.05, 0.1) is 35.1 Å². The molecule has 0 radical (unpaired) electrons. The highest BCUT2D eigenvalue weighted by Gasteiger charge is 2.32. The third-order valence-electron chi connectivity index (χ3n) is 10.4. The molecule has 2 aliphatic heterocycles. The summed E-state index contributed by atoms with van der Waals surface area (Å²) in [6.45, 7) is 7.14. The standard InChI is InChI=1S/C41H39Cl2N7O2/c1-25-8-15-35(48-19-16-31(17-20-48)49-21-18-44-41(49)52)34(22-25)47-40(51)38-36(32-14-13-30(43)23-33(32)46-38)39-37(28-6-4-3-5-7-28)45-24-50(39)26(2)27-9-11-29(42)12-10-27/h3-15,22-24,26,31,46H,16-21H2,1-2H3,(H,44,52)(H,47,51)/t26-/m0/s1. The van der Waals surface area contributed by atoms with Gasteiger partial charge in [-0.25, -0.2) is 9.78 Å². The van der Waals surface area contributed by atoms with Gasteiger partial charge in [0.25, 0.3) is 5.91 Å². The number of halogens is 2. The van der Waals surface area contributed by atoms with Crippen LogP contribution < -0.4 is 15.5 Å². The van der Waals surface area contributed by atoms with Crippen LogP contribution in [0.4, 0.5) is 16.2 Å². The Balaban J connectivity index is 1.21. The number of anilines is 2. The summed E-state index contributed by atoms with van der Waals surface area (Å²) in [5.74, 6) is -0.274. The highest BCUT2D eigenvalue weighted by atomic mass is 35.5. The van der Waals surface area contributed by atoms with E-state index in [0.29, 0.717) is 22.3 Å². The van der Waals surface area contributed by atoms with Gasteiger partial charge in [-0.3, -0.25) is 4.79 Å². The lowest BCUT2D eigenvalue weighted by molar-refractivity contribution is 0.102. The number of aryl methyl sites for hydroxylation is 1. The molecule has 3 amide bonds. The summed E-state index contributed by atoms with van der Waals surface area (Å²) in [4.78, 5) is 39.8. The number of urea groups is 1. The average molecular weight is 733 g/mol. The Bertz CT molecular complexity index is 2270. The van der Waals surface area contributed by atoms with Crippen molar-refractivity contribution < 1.29 is 9.59 Å². The minimum Gasteiger partial charge on any atom is -0.370 e. The van der Waals surface area contributed by atoms with E-state index in [9.17, 15) is 9.59 Å². The number of imidazole rings is 1. The lowest BCUT2D eigenvalue weighted by atomic mass is 9.99. The number of H-pyrrole nitrogens is 1. The zero-order chi connectivity index (χ0) is 35.9. The summed E-state index contributed by atoms with van der Waals surface area (Å²) in [5.41, 5.74) is 8.17. The van der Waals surface area contributed by atoms with Crippen molar-refractivity contribution in [3.8, 4) is 22.5 Å². The maximum Gasteiger partial charge on any atom is 0.317 e. The Kier molecular flexibility index (Phi) is 9.15. The van der Waals surface area contributed by atoms with Crippen LogP contribution >= 0.6 is 23.2 Å². The molecule has 6 aromatic rings. The van der Waals surface area contributed by atoms with Gasteiger partial charge in [0, 0.05) is 64.3 Å². The molecule has 264 valence electrons. The first-order chi connectivity index (χ1) is 25.2. The second-order valence-corrected chi connectivity index (χ2v) is 14.5. The predicted octanol–water partition coefficient (Wildman–Crippen LogP) is 9.17. The zero-order valence-electron chi connectivity index (χ0n) is 29.0. The first kappa shape index (κ1) is 33.9. The molecular formula is C41H39Cl2N7O2. The monoisotopic (exact) mass is 731 g/mol. The largest absolute Gasteiger partial charge is 0.370 e. The molecule has 2 aliphatic rings. The van der Waals surface area contributed by atoms with Crippen molar-refractivity contribution in [1.29, 1.82) is 0 Å². The van der Waals surface area contributed by atoms with Gasteiger partial charge in [0.2, 0.25) is 0 Å². The normalized spacial score (nSPS) is 15.7. The number of aromatic nitrogens is 3. The number of aromatic amines is 1. The highest BCUT2D eigenvalue weighted by molar-refractivity contribution is 6.31. The van der Waals surface area contributed by atoms with E-state index in [4.69, 9.17) is 28.2 Å². The minimum absolute atomic E-state index is 0.0245. The van der Waals surface area contributed by atoms with Crippen LogP contribution in [-0.2, 0) is 0 Å². The molecule has 52 heavy (non-hydrogen) atoms. The van der Waals surface area contributed by atoms with Crippen LogP contribution in [0.2, 0.25) is 10.0 Å². The molecule has 0 unspecified atom stereocenters. The van der Waals surface area contributed by atoms with Gasteiger partial charge in [0.15, 0.2) is 0 Å². The molecule has 0 aliphatic carbocycles. The topological polar surface area (TPSA) is 98.3 Å². The van der Waals surface area contributed by atoms with Crippen LogP contribution in [0.3, 0.4) is 0 Å². The predicted molar refractivity (Wildman–Crippen MR) is 210 cm³/mol. The summed E-state index contributed by atoms with van der Waals surface area (Å²) in [7, 11) is 0. The molecular weight excluding hydrogens is 693 g/mol. The molecule has 1 atom stereocenters. The van der Waals surface area contributed by atoms with Crippen LogP contribution in [0.15, 0.2) is 97.3 Å². The molecule has 11 heteroatoms. The number of nitrogens with one attached hydrogen (secondary N) is 3. The van der Waals surface area contributed by atoms with Crippen molar-refractivity contribution in [2.24, 2.45) is 0 Å². The quantitative estimate of drug-likeness (QED) is 0.145. The maximum absolute atomic E-state index is 14.7. The number of amides is 3. The molecule has 0 spiro atoms. The number of carbonyl (C=O) groups is 2. The van der Waals surface area contributed by atoms with Gasteiger partial charge in [-0.15, -0.1) is 0 Å². The fourth-order valence-electron chi connectivity index (χ4n) is 7.66. The summed E-state index contributed by atoms with van der Waals surface area (Å²) in [6, 6.07) is 29.8. The van der Waals surface area contributed by atoms with E-state index in [-0.39, 0.29) is 24.0 Å². The minimum atomic E-state index is -0.274. The van der Waals surface area contributed by atoms with E-state index < -0.39 is 0 Å². The third-order valence-corrected chi connectivity index (χ3v) is 10.9. The van der Waals surface area contributed by atoms with Crippen LogP contribution in [0.25, 0.3) is 33.4 Å². The maximum atomic E-state index is 14.7. The molecule has 2 aromatic heterocycles. The molecule has 0 saturated carbocycles. The Labute approximate surface area is 312 Å².